The summed E-state index contributed by atoms with van der Waals surface area (Å²) in [7, 11) is -2.18. The average molecular weight is 582 g/mol. The summed E-state index contributed by atoms with van der Waals surface area (Å²) in [5.74, 6) is -0.201. The molecule has 3 aromatic rings. The first kappa shape index (κ1) is 31.8. The molecule has 0 saturated heterocycles. The Hall–Kier alpha value is -3.73. The fourth-order valence-corrected chi connectivity index (χ4v) is 5.03. The molecule has 1 N–H and O–H groups in total. The molecule has 10 heteroatoms. The van der Waals surface area contributed by atoms with Crippen LogP contribution in [0.15, 0.2) is 84.9 Å². The molecule has 0 bridgehead atoms. The maximum atomic E-state index is 14.0. The van der Waals surface area contributed by atoms with Gasteiger partial charge in [-0.1, -0.05) is 72.8 Å². The Kier molecular flexibility index (Phi) is 12.3. The smallest absolute Gasteiger partial charge is 0.247 e. The first-order valence-electron chi connectivity index (χ1n) is 13.5. The van der Waals surface area contributed by atoms with Crippen LogP contribution < -0.4 is 10.1 Å². The van der Waals surface area contributed by atoms with Gasteiger partial charge < -0.3 is 19.7 Å². The van der Waals surface area contributed by atoms with Gasteiger partial charge in [-0.2, -0.15) is 4.31 Å². The summed E-state index contributed by atoms with van der Waals surface area (Å²) >= 11 is 0. The summed E-state index contributed by atoms with van der Waals surface area (Å²) in [6.45, 7) is 3.05. The molecule has 2 amide bonds. The van der Waals surface area contributed by atoms with E-state index in [-0.39, 0.29) is 19.0 Å². The van der Waals surface area contributed by atoms with Crippen LogP contribution in [0.2, 0.25) is 0 Å². The van der Waals surface area contributed by atoms with Crippen LogP contribution in [-0.2, 0) is 37.4 Å². The number of ether oxygens (including phenoxy) is 2. The molecule has 0 aliphatic carbocycles. The summed E-state index contributed by atoms with van der Waals surface area (Å²) in [5.41, 5.74) is 2.13. The first-order chi connectivity index (χ1) is 19.7. The summed E-state index contributed by atoms with van der Waals surface area (Å²) in [4.78, 5) is 29.2. The van der Waals surface area contributed by atoms with Crippen molar-refractivity contribution < 1.29 is 27.5 Å². The minimum Gasteiger partial charge on any atom is -0.497 e. The van der Waals surface area contributed by atoms with Crippen molar-refractivity contribution in [3.63, 3.8) is 0 Å². The molecule has 9 nitrogen and oxygen atoms in total. The van der Waals surface area contributed by atoms with Crippen LogP contribution in [0, 0.1) is 0 Å². The number of benzene rings is 3. The van der Waals surface area contributed by atoms with Gasteiger partial charge in [-0.15, -0.1) is 0 Å². The number of nitrogens with one attached hydrogen (secondary N) is 1. The molecule has 0 saturated carbocycles. The molecular weight excluding hydrogens is 542 g/mol. The average Bonchev–Trinajstić information content (AvgIpc) is 2.97. The minimum atomic E-state index is -3.75. The Bertz CT molecular complexity index is 1340. The number of nitrogens with zero attached hydrogens (tertiary/aromatic N) is 2. The lowest BCUT2D eigenvalue weighted by atomic mass is 10.0. The van der Waals surface area contributed by atoms with Gasteiger partial charge in [0.15, 0.2) is 0 Å². The highest BCUT2D eigenvalue weighted by molar-refractivity contribution is 7.88. The highest BCUT2D eigenvalue weighted by atomic mass is 32.2. The molecule has 220 valence electrons. The van der Waals surface area contributed by atoms with Gasteiger partial charge >= 0.3 is 0 Å². The molecule has 3 aromatic carbocycles. The molecule has 3 rings (SSSR count). The van der Waals surface area contributed by atoms with Gasteiger partial charge in [0.2, 0.25) is 21.8 Å². The monoisotopic (exact) mass is 581 g/mol. The van der Waals surface area contributed by atoms with Crippen LogP contribution in [0.1, 0.15) is 36.1 Å². The second-order valence-electron chi connectivity index (χ2n) is 9.54. The quantitative estimate of drug-likeness (QED) is 0.258. The standard InChI is InChI=1S/C31H39N3O6S/c1-4-40-21-11-20-32-31(36)30(27-14-9-6-10-15-27)34(23-26-16-18-28(39-2)19-17-26)29(35)24-33(41(3,37)38)22-25-12-7-5-8-13-25/h5-10,12-19,30H,4,11,20-24H2,1-3H3,(H,32,36)/t30-/m0/s1. The highest BCUT2D eigenvalue weighted by Crippen LogP contribution is 2.25. The van der Waals surface area contributed by atoms with E-state index in [1.165, 1.54) is 4.90 Å². The van der Waals surface area contributed by atoms with Crippen LogP contribution in [0.4, 0.5) is 0 Å². The van der Waals surface area contributed by atoms with Gasteiger partial charge in [-0.25, -0.2) is 8.42 Å². The third kappa shape index (κ3) is 10.00. The van der Waals surface area contributed by atoms with Gasteiger partial charge in [0.1, 0.15) is 11.8 Å². The van der Waals surface area contributed by atoms with Gasteiger partial charge in [0.25, 0.3) is 0 Å². The van der Waals surface area contributed by atoms with E-state index >= 15 is 0 Å². The fourth-order valence-electron chi connectivity index (χ4n) is 4.31. The lowest BCUT2D eigenvalue weighted by molar-refractivity contribution is -0.141. The molecular formula is C31H39N3O6S. The Labute approximate surface area is 243 Å². The van der Waals surface area contributed by atoms with E-state index in [0.29, 0.717) is 37.5 Å². The second kappa shape index (κ2) is 15.9. The van der Waals surface area contributed by atoms with Crippen molar-refractivity contribution in [3.8, 4) is 5.75 Å². The fraction of sp³-hybridized carbons (Fsp3) is 0.355. The van der Waals surface area contributed by atoms with Crippen LogP contribution in [0.5, 0.6) is 5.75 Å². The van der Waals surface area contributed by atoms with E-state index in [1.54, 1.807) is 55.6 Å². The SMILES string of the molecule is CCOCCCNC(=O)[C@H](c1ccccc1)N(Cc1ccc(OC)cc1)C(=O)CN(Cc1ccccc1)S(C)(=O)=O. The van der Waals surface area contributed by atoms with E-state index in [2.05, 4.69) is 5.32 Å². The topological polar surface area (TPSA) is 105 Å². The Morgan fingerprint density at radius 2 is 1.49 bits per heavy atom. The zero-order valence-electron chi connectivity index (χ0n) is 23.9. The predicted octanol–water partition coefficient (Wildman–Crippen LogP) is 3.77. The van der Waals surface area contributed by atoms with Gasteiger partial charge in [-0.3, -0.25) is 9.59 Å². The molecule has 0 heterocycles. The number of carbonyl (C=O) groups is 2. The summed E-state index contributed by atoms with van der Waals surface area (Å²) in [6, 6.07) is 24.3. The molecule has 0 radical (unpaired) electrons. The highest BCUT2D eigenvalue weighted by Gasteiger charge is 2.33. The van der Waals surface area contributed by atoms with Crippen molar-refractivity contribution in [1.82, 2.24) is 14.5 Å². The van der Waals surface area contributed by atoms with Gasteiger partial charge in [0, 0.05) is 32.8 Å². The van der Waals surface area contributed by atoms with Crippen molar-refractivity contribution in [2.45, 2.75) is 32.5 Å². The molecule has 0 aliphatic heterocycles. The predicted molar refractivity (Wildman–Crippen MR) is 159 cm³/mol. The second-order valence-corrected chi connectivity index (χ2v) is 11.5. The Balaban J connectivity index is 1.97. The van der Waals surface area contributed by atoms with Gasteiger partial charge in [0.05, 0.1) is 19.9 Å². The summed E-state index contributed by atoms with van der Waals surface area (Å²) in [6.07, 6.45) is 1.70. The largest absolute Gasteiger partial charge is 0.497 e. The van der Waals surface area contributed by atoms with Crippen LogP contribution >= 0.6 is 0 Å². The maximum Gasteiger partial charge on any atom is 0.247 e. The van der Waals surface area contributed by atoms with Crippen LogP contribution in [-0.4, -0.2) is 69.1 Å². The molecule has 0 fully saturated rings. The molecule has 41 heavy (non-hydrogen) atoms. The van der Waals surface area contributed by atoms with Gasteiger partial charge in [-0.05, 0) is 42.2 Å². The Morgan fingerprint density at radius 3 is 2.07 bits per heavy atom. The van der Waals surface area contributed by atoms with Crippen molar-refractivity contribution in [2.24, 2.45) is 0 Å². The zero-order valence-corrected chi connectivity index (χ0v) is 24.7. The van der Waals surface area contributed by atoms with E-state index in [0.717, 1.165) is 21.7 Å². The summed E-state index contributed by atoms with van der Waals surface area (Å²) < 4.78 is 37.3. The van der Waals surface area contributed by atoms with Crippen molar-refractivity contribution >= 4 is 21.8 Å². The molecule has 1 atom stereocenters. The molecule has 0 unspecified atom stereocenters. The van der Waals surface area contributed by atoms with Crippen LogP contribution in [0.25, 0.3) is 0 Å². The first-order valence-corrected chi connectivity index (χ1v) is 15.4. The molecule has 0 spiro atoms. The number of rotatable bonds is 16. The lowest BCUT2D eigenvalue weighted by Gasteiger charge is -2.33. The molecule has 0 aromatic heterocycles. The Morgan fingerprint density at radius 1 is 0.878 bits per heavy atom. The zero-order chi connectivity index (χ0) is 29.7. The van der Waals surface area contributed by atoms with E-state index in [4.69, 9.17) is 9.47 Å². The van der Waals surface area contributed by atoms with E-state index in [9.17, 15) is 18.0 Å². The minimum absolute atomic E-state index is 0.0292. The maximum absolute atomic E-state index is 14.0. The number of hydrogen-bond donors (Lipinski definition) is 1. The summed E-state index contributed by atoms with van der Waals surface area (Å²) in [5, 5.41) is 2.94. The van der Waals surface area contributed by atoms with Crippen molar-refractivity contribution in [2.75, 3.05) is 39.7 Å². The lowest BCUT2D eigenvalue weighted by Crippen LogP contribution is -2.48. The number of sulfonamides is 1. The van der Waals surface area contributed by atoms with Crippen molar-refractivity contribution in [1.29, 1.82) is 0 Å². The third-order valence-corrected chi connectivity index (χ3v) is 7.66. The number of amides is 2. The number of carbonyl (C=O) groups excluding carboxylic acids is 2. The number of hydrogen-bond acceptors (Lipinski definition) is 6. The third-order valence-electron chi connectivity index (χ3n) is 6.46. The van der Waals surface area contributed by atoms with E-state index < -0.39 is 28.5 Å². The molecule has 0 aliphatic rings. The normalized spacial score (nSPS) is 12.1. The van der Waals surface area contributed by atoms with Crippen molar-refractivity contribution in [3.05, 3.63) is 102 Å². The van der Waals surface area contributed by atoms with E-state index in [1.807, 2.05) is 43.3 Å². The van der Waals surface area contributed by atoms with Crippen LogP contribution in [0.3, 0.4) is 0 Å². The number of methoxy groups -OCH3 is 1.